The summed E-state index contributed by atoms with van der Waals surface area (Å²) in [6.45, 7) is 0. The predicted molar refractivity (Wildman–Crippen MR) is 43.9 cm³/mol. The van der Waals surface area contributed by atoms with Crippen molar-refractivity contribution in [2.75, 3.05) is 0 Å². The van der Waals surface area contributed by atoms with Crippen LogP contribution < -0.4 is 0 Å². The van der Waals surface area contributed by atoms with Gasteiger partial charge < -0.3 is 5.11 Å². The Morgan fingerprint density at radius 1 is 1.38 bits per heavy atom. The van der Waals surface area contributed by atoms with Gasteiger partial charge in [-0.05, 0) is 30.9 Å². The van der Waals surface area contributed by atoms with Crippen LogP contribution in [0.4, 0.5) is 8.78 Å². The summed E-state index contributed by atoms with van der Waals surface area (Å²) in [5.41, 5.74) is -0.216. The minimum Gasteiger partial charge on any atom is -0.505 e. The van der Waals surface area contributed by atoms with E-state index in [4.69, 9.17) is 5.11 Å². The smallest absolute Gasteiger partial charge is 0.379 e. The van der Waals surface area contributed by atoms with Crippen LogP contribution >= 0.6 is 11.6 Å². The molecule has 1 aliphatic rings. The Bertz CT molecular complexity index is 255. The molecule has 5 heteroatoms. The van der Waals surface area contributed by atoms with Gasteiger partial charge in [-0.1, -0.05) is 0 Å². The van der Waals surface area contributed by atoms with E-state index in [1.807, 2.05) is 0 Å². The lowest BCUT2D eigenvalue weighted by atomic mass is 9.92. The summed E-state index contributed by atoms with van der Waals surface area (Å²) in [6, 6.07) is 0. The number of allylic oxidation sites excluding steroid dienone is 2. The molecule has 0 heterocycles. The van der Waals surface area contributed by atoms with Crippen LogP contribution in [0.25, 0.3) is 0 Å². The Kier molecular flexibility index (Phi) is 2.91. The molecule has 0 aromatic heterocycles. The second-order valence-corrected chi connectivity index (χ2v) is 3.43. The number of Topliss-reactive ketones (excluding diaryl/α,β-unsaturated/α-hetero) is 1. The molecule has 0 unspecified atom stereocenters. The van der Waals surface area contributed by atoms with Crippen molar-refractivity contribution in [1.82, 2.24) is 0 Å². The van der Waals surface area contributed by atoms with Crippen LogP contribution in [-0.2, 0) is 4.79 Å². The SMILES string of the molecule is O=C1CCCCC1=C(O)C(F)(F)Cl. The molecule has 0 bridgehead atoms. The van der Waals surface area contributed by atoms with E-state index >= 15 is 0 Å². The van der Waals surface area contributed by atoms with Crippen LogP contribution in [0.1, 0.15) is 25.7 Å². The molecule has 13 heavy (non-hydrogen) atoms. The zero-order valence-electron chi connectivity index (χ0n) is 6.82. The highest BCUT2D eigenvalue weighted by atomic mass is 35.5. The summed E-state index contributed by atoms with van der Waals surface area (Å²) in [4.78, 5) is 11.1. The lowest BCUT2D eigenvalue weighted by Crippen LogP contribution is -2.19. The molecule has 74 valence electrons. The van der Waals surface area contributed by atoms with Gasteiger partial charge in [0.05, 0.1) is 0 Å². The number of carbonyl (C=O) groups is 1. The third-order valence-corrected chi connectivity index (χ3v) is 2.15. The second kappa shape index (κ2) is 3.62. The van der Waals surface area contributed by atoms with Gasteiger partial charge in [0.1, 0.15) is 0 Å². The standard InChI is InChI=1S/C8H9ClF2O2/c9-8(10,11)7(13)5-3-1-2-4-6(5)12/h13H,1-4H2. The van der Waals surface area contributed by atoms with E-state index in [9.17, 15) is 13.6 Å². The lowest BCUT2D eigenvalue weighted by molar-refractivity contribution is -0.117. The van der Waals surface area contributed by atoms with Crippen molar-refractivity contribution in [2.24, 2.45) is 0 Å². The first-order valence-corrected chi connectivity index (χ1v) is 4.33. The van der Waals surface area contributed by atoms with Crippen LogP contribution in [-0.4, -0.2) is 16.3 Å². The lowest BCUT2D eigenvalue weighted by Gasteiger charge is -2.16. The van der Waals surface area contributed by atoms with Gasteiger partial charge in [-0.25, -0.2) is 0 Å². The number of aliphatic hydroxyl groups is 1. The molecule has 1 fully saturated rings. The van der Waals surface area contributed by atoms with E-state index in [1.54, 1.807) is 0 Å². The average molecular weight is 211 g/mol. The molecule has 0 saturated heterocycles. The third-order valence-electron chi connectivity index (χ3n) is 1.97. The van der Waals surface area contributed by atoms with Crippen LogP contribution in [0, 0.1) is 0 Å². The Morgan fingerprint density at radius 2 is 1.92 bits per heavy atom. The molecule has 0 radical (unpaired) electrons. The van der Waals surface area contributed by atoms with Crippen molar-refractivity contribution < 1.29 is 18.7 Å². The minimum atomic E-state index is -3.82. The fourth-order valence-electron chi connectivity index (χ4n) is 1.30. The van der Waals surface area contributed by atoms with Crippen molar-refractivity contribution in [3.8, 4) is 0 Å². The first kappa shape index (κ1) is 10.4. The van der Waals surface area contributed by atoms with E-state index in [0.717, 1.165) is 0 Å². The van der Waals surface area contributed by atoms with Crippen LogP contribution in [0.3, 0.4) is 0 Å². The van der Waals surface area contributed by atoms with Gasteiger partial charge in [-0.2, -0.15) is 8.78 Å². The van der Waals surface area contributed by atoms with Crippen LogP contribution in [0.15, 0.2) is 11.3 Å². The summed E-state index contributed by atoms with van der Waals surface area (Å²) in [5, 5.41) is 5.14. The molecule has 2 nitrogen and oxygen atoms in total. The maximum Gasteiger partial charge on any atom is 0.379 e. The maximum atomic E-state index is 12.4. The van der Waals surface area contributed by atoms with Gasteiger partial charge in [0.25, 0.3) is 0 Å². The van der Waals surface area contributed by atoms with Gasteiger partial charge >= 0.3 is 5.38 Å². The quantitative estimate of drug-likeness (QED) is 0.411. The van der Waals surface area contributed by atoms with E-state index < -0.39 is 16.9 Å². The minimum absolute atomic E-state index is 0.187. The molecule has 1 aliphatic carbocycles. The highest BCUT2D eigenvalue weighted by molar-refractivity contribution is 6.23. The first-order valence-electron chi connectivity index (χ1n) is 3.95. The second-order valence-electron chi connectivity index (χ2n) is 2.96. The fourth-order valence-corrected chi connectivity index (χ4v) is 1.41. The number of aliphatic hydroxyl groups excluding tert-OH is 1. The molecule has 0 aromatic rings. The average Bonchev–Trinajstić information content (AvgIpc) is 2.02. The molecule has 0 amide bonds. The normalized spacial score (nSPS) is 23.2. The van der Waals surface area contributed by atoms with Crippen LogP contribution in [0.5, 0.6) is 0 Å². The molecule has 1 rings (SSSR count). The highest BCUT2D eigenvalue weighted by Gasteiger charge is 2.36. The van der Waals surface area contributed by atoms with E-state index in [0.29, 0.717) is 12.8 Å². The summed E-state index contributed by atoms with van der Waals surface area (Å²) < 4.78 is 24.8. The Hall–Kier alpha value is -0.640. The van der Waals surface area contributed by atoms with Gasteiger partial charge in [0, 0.05) is 12.0 Å². The Morgan fingerprint density at radius 3 is 2.38 bits per heavy atom. The molecule has 1 N–H and O–H groups in total. The number of hydrogen-bond acceptors (Lipinski definition) is 2. The molecule has 0 atom stereocenters. The molecule has 0 aromatic carbocycles. The van der Waals surface area contributed by atoms with E-state index in [-0.39, 0.29) is 18.4 Å². The molecular weight excluding hydrogens is 202 g/mol. The molecular formula is C8H9ClF2O2. The Balaban J connectivity index is 2.94. The monoisotopic (exact) mass is 210 g/mol. The highest BCUT2D eigenvalue weighted by Crippen LogP contribution is 2.33. The number of alkyl halides is 3. The zero-order chi connectivity index (χ0) is 10.1. The largest absolute Gasteiger partial charge is 0.505 e. The number of rotatable bonds is 1. The van der Waals surface area contributed by atoms with Crippen molar-refractivity contribution in [2.45, 2.75) is 31.1 Å². The fraction of sp³-hybridized carbons (Fsp3) is 0.625. The molecule has 0 spiro atoms. The number of ketones is 1. The van der Waals surface area contributed by atoms with Crippen LogP contribution in [0.2, 0.25) is 0 Å². The van der Waals surface area contributed by atoms with Gasteiger partial charge in [0.2, 0.25) is 0 Å². The zero-order valence-corrected chi connectivity index (χ0v) is 7.57. The van der Waals surface area contributed by atoms with Crippen molar-refractivity contribution in [3.63, 3.8) is 0 Å². The van der Waals surface area contributed by atoms with Crippen molar-refractivity contribution in [1.29, 1.82) is 0 Å². The predicted octanol–water partition coefficient (Wildman–Crippen LogP) is 2.77. The summed E-state index contributed by atoms with van der Waals surface area (Å²) in [7, 11) is 0. The van der Waals surface area contributed by atoms with Gasteiger partial charge in [0.15, 0.2) is 11.5 Å². The molecule has 0 aliphatic heterocycles. The summed E-state index contributed by atoms with van der Waals surface area (Å²) in [6.07, 6.45) is 1.72. The van der Waals surface area contributed by atoms with Gasteiger partial charge in [-0.3, -0.25) is 4.79 Å². The van der Waals surface area contributed by atoms with Crippen molar-refractivity contribution >= 4 is 17.4 Å². The van der Waals surface area contributed by atoms with Gasteiger partial charge in [-0.15, -0.1) is 0 Å². The molecule has 1 saturated carbocycles. The number of carbonyl (C=O) groups excluding carboxylic acids is 1. The summed E-state index contributed by atoms with van der Waals surface area (Å²) >= 11 is 4.59. The number of halogens is 3. The topological polar surface area (TPSA) is 37.3 Å². The maximum absolute atomic E-state index is 12.4. The van der Waals surface area contributed by atoms with E-state index in [1.165, 1.54) is 0 Å². The first-order chi connectivity index (χ1) is 5.93. The number of hydrogen-bond donors (Lipinski definition) is 1. The van der Waals surface area contributed by atoms with E-state index in [2.05, 4.69) is 11.6 Å². The summed E-state index contributed by atoms with van der Waals surface area (Å²) in [5.74, 6) is -1.71. The third kappa shape index (κ3) is 2.40. The Labute approximate surface area is 79.2 Å². The van der Waals surface area contributed by atoms with Crippen molar-refractivity contribution in [3.05, 3.63) is 11.3 Å².